The summed E-state index contributed by atoms with van der Waals surface area (Å²) in [4.78, 5) is 12.5. The van der Waals surface area contributed by atoms with Crippen LogP contribution in [0.1, 0.15) is 36.4 Å². The van der Waals surface area contributed by atoms with Crippen molar-refractivity contribution in [2.75, 3.05) is 12.3 Å². The Labute approximate surface area is 99.5 Å². The molecule has 1 aromatic heterocycles. The maximum Gasteiger partial charge on any atom is 0.263 e. The Bertz CT molecular complexity index is 365. The number of nitrogen functional groups attached to an aromatic ring is 1. The second-order valence-corrected chi connectivity index (χ2v) is 4.96. The fraction of sp³-hybridized carbons (Fsp3) is 0.545. The molecule has 1 amide bonds. The molecule has 4 nitrogen and oxygen atoms in total. The molecule has 0 aliphatic heterocycles. The van der Waals surface area contributed by atoms with Crippen LogP contribution in [0.5, 0.6) is 0 Å². The van der Waals surface area contributed by atoms with Crippen LogP contribution in [-0.2, 0) is 0 Å². The first kappa shape index (κ1) is 13.0. The molecule has 90 valence electrons. The first-order valence-electron chi connectivity index (χ1n) is 5.29. The quantitative estimate of drug-likeness (QED) is 0.734. The molecule has 0 saturated carbocycles. The maximum atomic E-state index is 11.9. The fourth-order valence-corrected chi connectivity index (χ4v) is 2.12. The van der Waals surface area contributed by atoms with Gasteiger partial charge in [0.05, 0.1) is 5.69 Å². The highest BCUT2D eigenvalue weighted by atomic mass is 32.1. The van der Waals surface area contributed by atoms with Gasteiger partial charge in [-0.15, -0.1) is 11.3 Å². The van der Waals surface area contributed by atoms with Gasteiger partial charge in [0, 0.05) is 12.1 Å². The number of hydrogen-bond donors (Lipinski definition) is 3. The zero-order chi connectivity index (χ0) is 12.2. The molecule has 0 fully saturated rings. The van der Waals surface area contributed by atoms with Crippen LogP contribution in [0.3, 0.4) is 0 Å². The Hall–Kier alpha value is -1.07. The molecule has 0 radical (unpaired) electrons. The Morgan fingerprint density at radius 3 is 2.81 bits per heavy atom. The standard InChI is InChI=1S/C11H18N2O2S/c1-3-11(2,5-6-14)13-10(15)9-8(12)4-7-16-9/h4,7,14H,3,5-6,12H2,1-2H3,(H,13,15). The van der Waals surface area contributed by atoms with Gasteiger partial charge in [0.25, 0.3) is 5.91 Å². The van der Waals surface area contributed by atoms with Crippen LogP contribution < -0.4 is 11.1 Å². The van der Waals surface area contributed by atoms with Crippen molar-refractivity contribution in [3.05, 3.63) is 16.3 Å². The molecule has 1 heterocycles. The number of amides is 1. The zero-order valence-electron chi connectivity index (χ0n) is 9.62. The average Bonchev–Trinajstić information content (AvgIpc) is 2.65. The van der Waals surface area contributed by atoms with Crippen molar-refractivity contribution in [3.63, 3.8) is 0 Å². The van der Waals surface area contributed by atoms with Crippen molar-refractivity contribution in [2.24, 2.45) is 0 Å². The van der Waals surface area contributed by atoms with E-state index in [4.69, 9.17) is 10.8 Å². The second kappa shape index (κ2) is 5.32. The Morgan fingerprint density at radius 2 is 2.38 bits per heavy atom. The third kappa shape index (κ3) is 2.96. The Kier molecular flexibility index (Phi) is 4.32. The minimum atomic E-state index is -0.373. The van der Waals surface area contributed by atoms with E-state index in [0.29, 0.717) is 17.0 Å². The molecule has 1 atom stereocenters. The zero-order valence-corrected chi connectivity index (χ0v) is 10.4. The number of aliphatic hydroxyl groups excluding tert-OH is 1. The third-order valence-electron chi connectivity index (χ3n) is 2.76. The first-order chi connectivity index (χ1) is 7.52. The van der Waals surface area contributed by atoms with Crippen LogP contribution in [-0.4, -0.2) is 23.2 Å². The van der Waals surface area contributed by atoms with E-state index < -0.39 is 0 Å². The van der Waals surface area contributed by atoms with Crippen LogP contribution in [0.15, 0.2) is 11.4 Å². The molecule has 0 spiro atoms. The number of nitrogens with two attached hydrogens (primary N) is 1. The molecule has 5 heteroatoms. The van der Waals surface area contributed by atoms with Gasteiger partial charge in [-0.05, 0) is 31.2 Å². The summed E-state index contributed by atoms with van der Waals surface area (Å²) in [5.41, 5.74) is 5.81. The number of nitrogens with one attached hydrogen (secondary N) is 1. The molecule has 0 aromatic carbocycles. The van der Waals surface area contributed by atoms with E-state index >= 15 is 0 Å². The summed E-state index contributed by atoms with van der Waals surface area (Å²) < 4.78 is 0. The molecule has 0 aliphatic carbocycles. The van der Waals surface area contributed by atoms with Crippen molar-refractivity contribution >= 4 is 22.9 Å². The van der Waals surface area contributed by atoms with Gasteiger partial charge in [-0.1, -0.05) is 6.92 Å². The summed E-state index contributed by atoms with van der Waals surface area (Å²) >= 11 is 1.33. The van der Waals surface area contributed by atoms with Crippen LogP contribution in [0.4, 0.5) is 5.69 Å². The predicted molar refractivity (Wildman–Crippen MR) is 66.6 cm³/mol. The van der Waals surface area contributed by atoms with Gasteiger partial charge in [0.1, 0.15) is 4.88 Å². The smallest absolute Gasteiger partial charge is 0.263 e. The number of thiophene rings is 1. The normalized spacial score (nSPS) is 14.4. The molecule has 1 rings (SSSR count). The number of anilines is 1. The van der Waals surface area contributed by atoms with Crippen LogP contribution in [0, 0.1) is 0 Å². The van der Waals surface area contributed by atoms with E-state index in [0.717, 1.165) is 6.42 Å². The largest absolute Gasteiger partial charge is 0.397 e. The monoisotopic (exact) mass is 242 g/mol. The van der Waals surface area contributed by atoms with E-state index in [-0.39, 0.29) is 18.1 Å². The molecule has 1 unspecified atom stereocenters. The molecular formula is C11H18N2O2S. The second-order valence-electron chi connectivity index (χ2n) is 4.05. The third-order valence-corrected chi connectivity index (χ3v) is 3.69. The summed E-state index contributed by atoms with van der Waals surface area (Å²) in [7, 11) is 0. The lowest BCUT2D eigenvalue weighted by atomic mass is 9.95. The van der Waals surface area contributed by atoms with Crippen molar-refractivity contribution in [1.29, 1.82) is 0 Å². The van der Waals surface area contributed by atoms with Gasteiger partial charge in [-0.3, -0.25) is 4.79 Å². The van der Waals surface area contributed by atoms with E-state index in [1.807, 2.05) is 13.8 Å². The van der Waals surface area contributed by atoms with Gasteiger partial charge in [0.2, 0.25) is 0 Å². The van der Waals surface area contributed by atoms with Gasteiger partial charge >= 0.3 is 0 Å². The van der Waals surface area contributed by atoms with Crippen LogP contribution >= 0.6 is 11.3 Å². The van der Waals surface area contributed by atoms with E-state index in [1.54, 1.807) is 11.4 Å². The Morgan fingerprint density at radius 1 is 1.69 bits per heavy atom. The molecule has 0 aliphatic rings. The van der Waals surface area contributed by atoms with Crippen LogP contribution in [0.2, 0.25) is 0 Å². The van der Waals surface area contributed by atoms with E-state index in [2.05, 4.69) is 5.32 Å². The van der Waals surface area contributed by atoms with Crippen LogP contribution in [0.25, 0.3) is 0 Å². The van der Waals surface area contributed by atoms with Gasteiger partial charge < -0.3 is 16.2 Å². The van der Waals surface area contributed by atoms with Crippen molar-refractivity contribution in [3.8, 4) is 0 Å². The van der Waals surface area contributed by atoms with E-state index in [9.17, 15) is 4.79 Å². The molecule has 0 saturated heterocycles. The van der Waals surface area contributed by atoms with Crippen molar-refractivity contribution in [1.82, 2.24) is 5.32 Å². The molecule has 1 aromatic rings. The van der Waals surface area contributed by atoms with Gasteiger partial charge in [0.15, 0.2) is 0 Å². The lowest BCUT2D eigenvalue weighted by Crippen LogP contribution is -2.46. The Balaban J connectivity index is 2.73. The highest BCUT2D eigenvalue weighted by Crippen LogP contribution is 2.21. The van der Waals surface area contributed by atoms with Crippen molar-refractivity contribution < 1.29 is 9.90 Å². The molecule has 4 N–H and O–H groups in total. The first-order valence-corrected chi connectivity index (χ1v) is 6.16. The molecule has 16 heavy (non-hydrogen) atoms. The topological polar surface area (TPSA) is 75.3 Å². The minimum absolute atomic E-state index is 0.0601. The molecule has 0 bridgehead atoms. The highest BCUT2D eigenvalue weighted by molar-refractivity contribution is 7.12. The number of hydrogen-bond acceptors (Lipinski definition) is 4. The lowest BCUT2D eigenvalue weighted by molar-refractivity contribution is 0.0891. The average molecular weight is 242 g/mol. The SMILES string of the molecule is CCC(C)(CCO)NC(=O)c1sccc1N. The number of carbonyl (C=O) groups is 1. The highest BCUT2D eigenvalue weighted by Gasteiger charge is 2.25. The summed E-state index contributed by atoms with van der Waals surface area (Å²) in [5.74, 6) is -0.162. The minimum Gasteiger partial charge on any atom is -0.397 e. The summed E-state index contributed by atoms with van der Waals surface area (Å²) in [6.07, 6.45) is 1.31. The maximum absolute atomic E-state index is 11.9. The van der Waals surface area contributed by atoms with Gasteiger partial charge in [-0.2, -0.15) is 0 Å². The predicted octanol–water partition coefficient (Wildman–Crippen LogP) is 1.61. The summed E-state index contributed by atoms with van der Waals surface area (Å²) in [5, 5.41) is 13.7. The summed E-state index contributed by atoms with van der Waals surface area (Å²) in [6.45, 7) is 3.96. The molecular weight excluding hydrogens is 224 g/mol. The van der Waals surface area contributed by atoms with E-state index in [1.165, 1.54) is 11.3 Å². The number of aliphatic hydroxyl groups is 1. The number of rotatable bonds is 5. The van der Waals surface area contributed by atoms with Crippen molar-refractivity contribution in [2.45, 2.75) is 32.2 Å². The fourth-order valence-electron chi connectivity index (χ4n) is 1.41. The van der Waals surface area contributed by atoms with Gasteiger partial charge in [-0.25, -0.2) is 0 Å². The lowest BCUT2D eigenvalue weighted by Gasteiger charge is -2.28. The number of carbonyl (C=O) groups excluding carboxylic acids is 1. The summed E-state index contributed by atoms with van der Waals surface area (Å²) in [6, 6.07) is 1.72.